The fraction of sp³-hybridized carbons (Fsp3) is 0.200. The highest BCUT2D eigenvalue weighted by Crippen LogP contribution is 2.31. The van der Waals surface area contributed by atoms with Gasteiger partial charge in [0.25, 0.3) is 11.8 Å². The molecule has 2 atom stereocenters. The number of urea groups is 1. The molecule has 0 aliphatic carbocycles. The third kappa shape index (κ3) is 4.92. The quantitative estimate of drug-likeness (QED) is 0.481. The summed E-state index contributed by atoms with van der Waals surface area (Å²) in [6.45, 7) is 0.486. The lowest BCUT2D eigenvalue weighted by molar-refractivity contribution is -0.121. The van der Waals surface area contributed by atoms with E-state index in [2.05, 4.69) is 15.6 Å². The van der Waals surface area contributed by atoms with Gasteiger partial charge in [0.2, 0.25) is 0 Å². The van der Waals surface area contributed by atoms with Crippen molar-refractivity contribution in [1.29, 1.82) is 0 Å². The molecule has 2 aliphatic heterocycles. The lowest BCUT2D eigenvalue weighted by Crippen LogP contribution is -2.51. The molecule has 2 fully saturated rings. The van der Waals surface area contributed by atoms with Crippen LogP contribution in [-0.2, 0) is 22.6 Å². The van der Waals surface area contributed by atoms with Crippen LogP contribution in [-0.4, -0.2) is 47.2 Å². The first-order chi connectivity index (χ1) is 17.0. The smallest absolute Gasteiger partial charge is 0.326 e. The zero-order valence-corrected chi connectivity index (χ0v) is 18.8. The highest BCUT2D eigenvalue weighted by Gasteiger charge is 2.55. The summed E-state index contributed by atoms with van der Waals surface area (Å²) < 4.78 is 16.4. The number of carbonyl (C=O) groups is 3. The topological polar surface area (TPSA) is 122 Å². The molecular weight excluding hydrogens is 452 g/mol. The molecule has 2 saturated heterocycles. The Balaban J connectivity index is 1.22. The number of imide groups is 1. The van der Waals surface area contributed by atoms with Crippen LogP contribution in [0.3, 0.4) is 0 Å². The summed E-state index contributed by atoms with van der Waals surface area (Å²) in [5, 5.41) is 5.16. The van der Waals surface area contributed by atoms with Crippen LogP contribution in [0.25, 0.3) is 0 Å². The number of pyridine rings is 1. The Kier molecular flexibility index (Phi) is 6.02. The van der Waals surface area contributed by atoms with Gasteiger partial charge in [0, 0.05) is 18.9 Å². The molecule has 0 saturated carbocycles. The Morgan fingerprint density at radius 1 is 1.06 bits per heavy atom. The van der Waals surface area contributed by atoms with E-state index in [1.54, 1.807) is 42.7 Å². The van der Waals surface area contributed by atoms with Crippen molar-refractivity contribution >= 4 is 17.8 Å². The van der Waals surface area contributed by atoms with Crippen LogP contribution in [0.1, 0.15) is 21.5 Å². The number of benzene rings is 2. The standard InChI is InChI=1S/C25H22N4O6/c1-33-20-7-4-16(14-29-24-21(35-24)23(31)28-25(29)32)12-19(20)22(30)27-13-15-2-5-17(6-3-15)34-18-8-10-26-11-9-18/h2-12,21,24H,13-14H2,1H3,(H,27,30)(H,28,31,32). The number of amides is 4. The van der Waals surface area contributed by atoms with Gasteiger partial charge in [0.1, 0.15) is 17.2 Å². The Hall–Kier alpha value is -4.44. The van der Waals surface area contributed by atoms with Gasteiger partial charge in [-0.3, -0.25) is 24.8 Å². The van der Waals surface area contributed by atoms with Gasteiger partial charge in [-0.2, -0.15) is 0 Å². The van der Waals surface area contributed by atoms with Gasteiger partial charge >= 0.3 is 6.03 Å². The molecule has 2 aliphatic rings. The number of hydrogen-bond donors (Lipinski definition) is 2. The molecule has 0 radical (unpaired) electrons. The van der Waals surface area contributed by atoms with Gasteiger partial charge in [-0.05, 0) is 47.5 Å². The Bertz CT molecular complexity index is 1260. The van der Waals surface area contributed by atoms with Crippen molar-refractivity contribution in [3.8, 4) is 17.2 Å². The average Bonchev–Trinajstić information content (AvgIpc) is 3.68. The zero-order chi connectivity index (χ0) is 24.4. The highest BCUT2D eigenvalue weighted by molar-refractivity contribution is 6.01. The van der Waals surface area contributed by atoms with E-state index in [0.717, 1.165) is 5.56 Å². The molecule has 0 bridgehead atoms. The Labute approximate surface area is 200 Å². The van der Waals surface area contributed by atoms with Crippen molar-refractivity contribution in [2.75, 3.05) is 7.11 Å². The molecule has 2 N–H and O–H groups in total. The molecule has 10 nitrogen and oxygen atoms in total. The third-order valence-corrected chi connectivity index (χ3v) is 5.65. The summed E-state index contributed by atoms with van der Waals surface area (Å²) in [5.41, 5.74) is 1.93. The van der Waals surface area contributed by atoms with E-state index in [1.165, 1.54) is 12.0 Å². The van der Waals surface area contributed by atoms with Gasteiger partial charge in [-0.15, -0.1) is 0 Å². The monoisotopic (exact) mass is 474 g/mol. The number of carbonyl (C=O) groups excluding carboxylic acids is 3. The van der Waals surface area contributed by atoms with E-state index in [1.807, 2.05) is 24.3 Å². The summed E-state index contributed by atoms with van der Waals surface area (Å²) in [6.07, 6.45) is 2.11. The number of hydrogen-bond acceptors (Lipinski definition) is 7. The molecule has 2 unspecified atom stereocenters. The first-order valence-corrected chi connectivity index (χ1v) is 10.9. The predicted octanol–water partition coefficient (Wildman–Crippen LogP) is 2.59. The number of aromatic nitrogens is 1. The van der Waals surface area contributed by atoms with Gasteiger partial charge in [0.15, 0.2) is 12.3 Å². The fourth-order valence-electron chi connectivity index (χ4n) is 3.78. The maximum Gasteiger partial charge on any atom is 0.326 e. The highest BCUT2D eigenvalue weighted by atomic mass is 16.6. The minimum absolute atomic E-state index is 0.184. The average molecular weight is 474 g/mol. The zero-order valence-electron chi connectivity index (χ0n) is 18.8. The molecule has 0 spiro atoms. The first kappa shape index (κ1) is 22.4. The van der Waals surface area contributed by atoms with Crippen molar-refractivity contribution in [2.24, 2.45) is 0 Å². The number of epoxide rings is 1. The fourth-order valence-corrected chi connectivity index (χ4v) is 3.78. The molecule has 3 heterocycles. The molecule has 10 heteroatoms. The number of rotatable bonds is 8. The molecule has 4 amide bonds. The van der Waals surface area contributed by atoms with Crippen LogP contribution >= 0.6 is 0 Å². The maximum atomic E-state index is 12.9. The summed E-state index contributed by atoms with van der Waals surface area (Å²) in [7, 11) is 1.49. The van der Waals surface area contributed by atoms with Crippen molar-refractivity contribution in [3.63, 3.8) is 0 Å². The van der Waals surface area contributed by atoms with Crippen molar-refractivity contribution in [2.45, 2.75) is 25.4 Å². The summed E-state index contributed by atoms with van der Waals surface area (Å²) in [4.78, 5) is 42.1. The normalized spacial score (nSPS) is 18.4. The van der Waals surface area contributed by atoms with E-state index in [9.17, 15) is 14.4 Å². The molecule has 35 heavy (non-hydrogen) atoms. The number of ether oxygens (including phenoxy) is 3. The van der Waals surface area contributed by atoms with Gasteiger partial charge in [0.05, 0.1) is 19.2 Å². The van der Waals surface area contributed by atoms with Gasteiger partial charge in [-0.1, -0.05) is 18.2 Å². The molecular formula is C25H22N4O6. The minimum atomic E-state index is -0.629. The number of nitrogens with zero attached hydrogens (tertiary/aromatic N) is 2. The minimum Gasteiger partial charge on any atom is -0.496 e. The Morgan fingerprint density at radius 3 is 2.51 bits per heavy atom. The van der Waals surface area contributed by atoms with Crippen LogP contribution in [0.15, 0.2) is 67.0 Å². The lowest BCUT2D eigenvalue weighted by atomic mass is 10.1. The van der Waals surface area contributed by atoms with Crippen molar-refractivity contribution < 1.29 is 28.6 Å². The second-order valence-electron chi connectivity index (χ2n) is 8.02. The second kappa shape index (κ2) is 9.43. The van der Waals surface area contributed by atoms with E-state index in [-0.39, 0.29) is 12.5 Å². The largest absolute Gasteiger partial charge is 0.496 e. The van der Waals surface area contributed by atoms with Crippen molar-refractivity contribution in [1.82, 2.24) is 20.5 Å². The van der Waals surface area contributed by atoms with Crippen LogP contribution in [0.4, 0.5) is 4.79 Å². The van der Waals surface area contributed by atoms with E-state index in [4.69, 9.17) is 14.2 Å². The van der Waals surface area contributed by atoms with Crippen LogP contribution < -0.4 is 20.1 Å². The maximum absolute atomic E-state index is 12.9. The van der Waals surface area contributed by atoms with Crippen LogP contribution in [0, 0.1) is 0 Å². The summed E-state index contributed by atoms with van der Waals surface area (Å²) >= 11 is 0. The predicted molar refractivity (Wildman–Crippen MR) is 123 cm³/mol. The van der Waals surface area contributed by atoms with E-state index >= 15 is 0 Å². The first-order valence-electron chi connectivity index (χ1n) is 10.9. The van der Waals surface area contributed by atoms with Crippen LogP contribution in [0.5, 0.6) is 17.2 Å². The van der Waals surface area contributed by atoms with Crippen molar-refractivity contribution in [3.05, 3.63) is 83.7 Å². The second-order valence-corrected chi connectivity index (χ2v) is 8.02. The number of fused-ring (bicyclic) bond motifs is 1. The summed E-state index contributed by atoms with van der Waals surface area (Å²) in [6, 6.07) is 15.5. The summed E-state index contributed by atoms with van der Waals surface area (Å²) in [5.74, 6) is 1.02. The molecule has 178 valence electrons. The SMILES string of the molecule is COc1ccc(CN2C(=O)NC(=O)C3OC32)cc1C(=O)NCc1ccc(Oc2ccncc2)cc1. The molecule has 1 aromatic heterocycles. The molecule has 2 aromatic carbocycles. The Morgan fingerprint density at radius 2 is 1.77 bits per heavy atom. The number of nitrogens with one attached hydrogen (secondary N) is 2. The molecule has 5 rings (SSSR count). The van der Waals surface area contributed by atoms with E-state index < -0.39 is 24.3 Å². The number of methoxy groups -OCH3 is 1. The van der Waals surface area contributed by atoms with Gasteiger partial charge in [-0.25, -0.2) is 4.79 Å². The lowest BCUT2D eigenvalue weighted by Gasteiger charge is -2.24. The van der Waals surface area contributed by atoms with Crippen LogP contribution in [0.2, 0.25) is 0 Å². The third-order valence-electron chi connectivity index (χ3n) is 5.65. The van der Waals surface area contributed by atoms with E-state index in [0.29, 0.717) is 34.9 Å². The molecule has 3 aromatic rings. The van der Waals surface area contributed by atoms with Gasteiger partial charge < -0.3 is 19.5 Å².